The maximum absolute atomic E-state index is 13.4. The second-order valence-corrected chi connectivity index (χ2v) is 9.30. The van der Waals surface area contributed by atoms with E-state index in [1.54, 1.807) is 47.6 Å². The molecule has 1 aromatic heterocycles. The van der Waals surface area contributed by atoms with Crippen LogP contribution in [0.2, 0.25) is 0 Å². The van der Waals surface area contributed by atoms with Crippen molar-refractivity contribution in [2.24, 2.45) is 0 Å². The van der Waals surface area contributed by atoms with Crippen LogP contribution in [-0.4, -0.2) is 48.4 Å². The minimum Gasteiger partial charge on any atom is -0.385 e. The van der Waals surface area contributed by atoms with Gasteiger partial charge in [0, 0.05) is 31.7 Å². The molecule has 0 radical (unpaired) electrons. The van der Waals surface area contributed by atoms with Crippen LogP contribution in [-0.2, 0) is 27.4 Å². The molecule has 0 saturated heterocycles. The van der Waals surface area contributed by atoms with Gasteiger partial charge in [-0.25, -0.2) is 4.39 Å². The Kier molecular flexibility index (Phi) is 10.1. The monoisotopic (exact) mass is 502 g/mol. The quantitative estimate of drug-likeness (QED) is 0.251. The van der Waals surface area contributed by atoms with E-state index in [2.05, 4.69) is 0 Å². The van der Waals surface area contributed by atoms with Crippen LogP contribution in [0.4, 0.5) is 4.39 Å². The zero-order valence-electron chi connectivity index (χ0n) is 19.0. The lowest BCUT2D eigenvalue weighted by molar-refractivity contribution is -0.141. The lowest BCUT2D eigenvalue weighted by atomic mass is 10.1. The summed E-state index contributed by atoms with van der Waals surface area (Å²) < 4.78 is 18.5. The summed E-state index contributed by atoms with van der Waals surface area (Å²) in [5, 5.41) is 1.06. The average molecular weight is 503 g/mol. The number of ether oxygens (including phenoxy) is 1. The van der Waals surface area contributed by atoms with E-state index in [0.717, 1.165) is 10.4 Å². The highest BCUT2D eigenvalue weighted by Crippen LogP contribution is 2.23. The van der Waals surface area contributed by atoms with Crippen molar-refractivity contribution in [1.82, 2.24) is 9.80 Å². The van der Waals surface area contributed by atoms with Gasteiger partial charge in [-0.05, 0) is 41.1 Å². The standard InChI is InChI=1S/C26H28ClFN2O3S/c1-33-15-6-14-29(26(32)25(27)21-7-3-2-4-8-21)19-24(31)30(18-23-9-5-16-34-23)17-20-10-12-22(28)13-11-20/h2-5,7-13,16,25H,6,14-15,17-19H2,1H3. The van der Waals surface area contributed by atoms with Gasteiger partial charge in [0.15, 0.2) is 0 Å². The van der Waals surface area contributed by atoms with Crippen molar-refractivity contribution in [3.63, 3.8) is 0 Å². The summed E-state index contributed by atoms with van der Waals surface area (Å²) in [5.74, 6) is -0.862. The van der Waals surface area contributed by atoms with Gasteiger partial charge in [0.05, 0.1) is 13.1 Å². The van der Waals surface area contributed by atoms with Crippen LogP contribution < -0.4 is 0 Å². The molecule has 8 heteroatoms. The molecule has 3 rings (SSSR count). The van der Waals surface area contributed by atoms with Crippen LogP contribution in [0.5, 0.6) is 0 Å². The second kappa shape index (κ2) is 13.2. The molecule has 3 aromatic rings. The van der Waals surface area contributed by atoms with E-state index in [1.165, 1.54) is 17.0 Å². The van der Waals surface area contributed by atoms with Crippen LogP contribution in [0.1, 0.15) is 27.8 Å². The highest BCUT2D eigenvalue weighted by Gasteiger charge is 2.27. The molecule has 1 heterocycles. The minimum absolute atomic E-state index is 0.106. The van der Waals surface area contributed by atoms with E-state index >= 15 is 0 Å². The van der Waals surface area contributed by atoms with Gasteiger partial charge in [-0.2, -0.15) is 0 Å². The molecule has 0 bridgehead atoms. The SMILES string of the molecule is COCCCN(CC(=O)N(Cc1ccc(F)cc1)Cc1cccs1)C(=O)C(Cl)c1ccccc1. The molecule has 0 aliphatic rings. The Labute approximate surface area is 208 Å². The summed E-state index contributed by atoms with van der Waals surface area (Å²) in [5.41, 5.74) is 1.49. The molecule has 0 aliphatic heterocycles. The van der Waals surface area contributed by atoms with E-state index in [0.29, 0.717) is 38.2 Å². The summed E-state index contributed by atoms with van der Waals surface area (Å²) in [6, 6.07) is 19.1. The first-order valence-electron chi connectivity index (χ1n) is 11.0. The Morgan fingerprint density at radius 2 is 1.74 bits per heavy atom. The van der Waals surface area contributed by atoms with Gasteiger partial charge in [0.2, 0.25) is 11.8 Å². The molecule has 0 saturated carbocycles. The zero-order valence-corrected chi connectivity index (χ0v) is 20.6. The summed E-state index contributed by atoms with van der Waals surface area (Å²) >= 11 is 8.06. The maximum Gasteiger partial charge on any atom is 0.245 e. The number of halogens is 2. The Hall–Kier alpha value is -2.74. The van der Waals surface area contributed by atoms with Crippen molar-refractivity contribution >= 4 is 34.8 Å². The summed E-state index contributed by atoms with van der Waals surface area (Å²) in [6.07, 6.45) is 0.580. The molecule has 0 N–H and O–H groups in total. The molecule has 0 spiro atoms. The number of thiophene rings is 1. The molecule has 2 aromatic carbocycles. The minimum atomic E-state index is -0.889. The van der Waals surface area contributed by atoms with Crippen LogP contribution >= 0.6 is 22.9 Å². The largest absolute Gasteiger partial charge is 0.385 e. The van der Waals surface area contributed by atoms with Crippen LogP contribution in [0.25, 0.3) is 0 Å². The summed E-state index contributed by atoms with van der Waals surface area (Å²) in [7, 11) is 1.59. The Morgan fingerprint density at radius 3 is 2.38 bits per heavy atom. The van der Waals surface area contributed by atoms with Crippen molar-refractivity contribution in [3.05, 3.63) is 93.9 Å². The number of carbonyl (C=O) groups is 2. The topological polar surface area (TPSA) is 49.9 Å². The van der Waals surface area contributed by atoms with Gasteiger partial charge >= 0.3 is 0 Å². The van der Waals surface area contributed by atoms with Gasteiger partial charge < -0.3 is 14.5 Å². The third-order valence-electron chi connectivity index (χ3n) is 5.29. The number of alkyl halides is 1. The number of rotatable bonds is 12. The number of amides is 2. The highest BCUT2D eigenvalue weighted by atomic mass is 35.5. The van der Waals surface area contributed by atoms with Crippen molar-refractivity contribution in [3.8, 4) is 0 Å². The van der Waals surface area contributed by atoms with Crippen molar-refractivity contribution in [2.75, 3.05) is 26.8 Å². The summed E-state index contributed by atoms with van der Waals surface area (Å²) in [6.45, 7) is 1.41. The number of methoxy groups -OCH3 is 1. The maximum atomic E-state index is 13.4. The number of hydrogen-bond donors (Lipinski definition) is 0. The van der Waals surface area contributed by atoms with Crippen LogP contribution in [0.3, 0.4) is 0 Å². The predicted octanol–water partition coefficient (Wildman–Crippen LogP) is 5.26. The van der Waals surface area contributed by atoms with Gasteiger partial charge in [-0.3, -0.25) is 9.59 Å². The first-order chi connectivity index (χ1) is 16.5. The number of nitrogens with zero attached hydrogens (tertiary/aromatic N) is 2. The second-order valence-electron chi connectivity index (χ2n) is 7.84. The van der Waals surface area contributed by atoms with Crippen molar-refractivity contribution in [1.29, 1.82) is 0 Å². The molecule has 1 atom stereocenters. The third-order valence-corrected chi connectivity index (χ3v) is 6.59. The highest BCUT2D eigenvalue weighted by molar-refractivity contribution is 7.09. The number of carbonyl (C=O) groups excluding carboxylic acids is 2. The van der Waals surface area contributed by atoms with Gasteiger partial charge in [-0.15, -0.1) is 22.9 Å². The lowest BCUT2D eigenvalue weighted by Gasteiger charge is -2.29. The number of benzene rings is 2. The fraction of sp³-hybridized carbons (Fsp3) is 0.308. The van der Waals surface area contributed by atoms with Crippen LogP contribution in [0, 0.1) is 5.82 Å². The Bertz CT molecular complexity index is 1030. The van der Waals surface area contributed by atoms with E-state index in [-0.39, 0.29) is 24.2 Å². The summed E-state index contributed by atoms with van der Waals surface area (Å²) in [4.78, 5) is 30.9. The molecular formula is C26H28ClFN2O3S. The van der Waals surface area contributed by atoms with E-state index < -0.39 is 5.38 Å². The fourth-order valence-corrected chi connectivity index (χ4v) is 4.49. The van der Waals surface area contributed by atoms with E-state index in [1.807, 2.05) is 35.7 Å². The number of hydrogen-bond acceptors (Lipinski definition) is 4. The van der Waals surface area contributed by atoms with Gasteiger partial charge in [0.1, 0.15) is 11.2 Å². The zero-order chi connectivity index (χ0) is 24.3. The fourth-order valence-electron chi connectivity index (χ4n) is 3.49. The van der Waals surface area contributed by atoms with Crippen LogP contribution in [0.15, 0.2) is 72.1 Å². The molecule has 5 nitrogen and oxygen atoms in total. The Morgan fingerprint density at radius 1 is 1.00 bits per heavy atom. The van der Waals surface area contributed by atoms with Gasteiger partial charge in [0.25, 0.3) is 0 Å². The predicted molar refractivity (Wildman–Crippen MR) is 133 cm³/mol. The molecule has 0 fully saturated rings. The van der Waals surface area contributed by atoms with Gasteiger partial charge in [-0.1, -0.05) is 48.5 Å². The lowest BCUT2D eigenvalue weighted by Crippen LogP contribution is -2.44. The van der Waals surface area contributed by atoms with Crippen molar-refractivity contribution in [2.45, 2.75) is 24.9 Å². The Balaban J connectivity index is 1.77. The van der Waals surface area contributed by atoms with E-state index in [9.17, 15) is 14.0 Å². The first kappa shape index (κ1) is 25.9. The first-order valence-corrected chi connectivity index (χ1v) is 12.3. The normalized spacial score (nSPS) is 11.7. The van der Waals surface area contributed by atoms with E-state index in [4.69, 9.17) is 16.3 Å². The smallest absolute Gasteiger partial charge is 0.245 e. The molecular weight excluding hydrogens is 475 g/mol. The third kappa shape index (κ3) is 7.65. The average Bonchev–Trinajstić information content (AvgIpc) is 3.37. The van der Waals surface area contributed by atoms with Crippen molar-refractivity contribution < 1.29 is 18.7 Å². The molecule has 180 valence electrons. The molecule has 2 amide bonds. The molecule has 0 aliphatic carbocycles. The molecule has 34 heavy (non-hydrogen) atoms. The molecule has 1 unspecified atom stereocenters.